The topological polar surface area (TPSA) is 58.5 Å². The van der Waals surface area contributed by atoms with E-state index >= 15 is 0 Å². The zero-order valence-electron chi connectivity index (χ0n) is 17.6. The lowest BCUT2D eigenvalue weighted by atomic mass is 9.89. The maximum atomic E-state index is 13.2. The number of hydrogen-bond donors (Lipinski definition) is 1. The fourth-order valence-corrected chi connectivity index (χ4v) is 4.71. The lowest BCUT2D eigenvalue weighted by molar-refractivity contribution is 0.0682. The molecule has 2 aromatic carbocycles. The Morgan fingerprint density at radius 1 is 1.13 bits per heavy atom. The molecule has 0 bridgehead atoms. The molecule has 0 atom stereocenters. The molecule has 5 nitrogen and oxygen atoms in total. The number of hydrogen-bond acceptors (Lipinski definition) is 3. The van der Waals surface area contributed by atoms with Gasteiger partial charge >= 0.3 is 0 Å². The molecule has 1 aliphatic rings. The highest BCUT2D eigenvalue weighted by molar-refractivity contribution is 5.99. The molecule has 3 heterocycles. The van der Waals surface area contributed by atoms with Gasteiger partial charge in [-0.3, -0.25) is 4.79 Å². The molecular weight excluding hydrogens is 376 g/mol. The fraction of sp³-hybridized carbons (Fsp3) is 0.320. The van der Waals surface area contributed by atoms with Crippen LogP contribution < -0.4 is 4.74 Å². The molecule has 0 aliphatic carbocycles. The monoisotopic (exact) mass is 402 g/mol. The van der Waals surface area contributed by atoms with Gasteiger partial charge < -0.3 is 19.0 Å². The average molecular weight is 402 g/mol. The maximum absolute atomic E-state index is 13.2. The lowest BCUT2D eigenvalue weighted by Gasteiger charge is -2.31. The molecule has 1 aliphatic heterocycles. The predicted molar refractivity (Wildman–Crippen MR) is 118 cm³/mol. The van der Waals surface area contributed by atoms with Gasteiger partial charge in [-0.2, -0.15) is 0 Å². The Labute approximate surface area is 175 Å². The molecule has 1 N–H and O–H groups in total. The van der Waals surface area contributed by atoms with Gasteiger partial charge in [0, 0.05) is 41.1 Å². The molecule has 0 spiro atoms. The van der Waals surface area contributed by atoms with E-state index in [0.717, 1.165) is 59.3 Å². The van der Waals surface area contributed by atoms with E-state index in [4.69, 9.17) is 9.15 Å². The van der Waals surface area contributed by atoms with Crippen LogP contribution in [0.1, 0.15) is 46.0 Å². The van der Waals surface area contributed by atoms with Crippen LogP contribution in [0.25, 0.3) is 21.9 Å². The summed E-state index contributed by atoms with van der Waals surface area (Å²) in [6.45, 7) is 5.46. The number of ether oxygens (including phenoxy) is 1. The Morgan fingerprint density at radius 3 is 2.67 bits per heavy atom. The van der Waals surface area contributed by atoms with Crippen LogP contribution in [0.2, 0.25) is 0 Å². The van der Waals surface area contributed by atoms with E-state index in [-0.39, 0.29) is 5.91 Å². The summed E-state index contributed by atoms with van der Waals surface area (Å²) in [4.78, 5) is 18.5. The highest BCUT2D eigenvalue weighted by Crippen LogP contribution is 2.36. The Bertz CT molecular complexity index is 1240. The fourth-order valence-electron chi connectivity index (χ4n) is 4.71. The Kier molecular flexibility index (Phi) is 4.54. The van der Waals surface area contributed by atoms with Crippen molar-refractivity contribution in [2.24, 2.45) is 0 Å². The average Bonchev–Trinajstić information content (AvgIpc) is 3.35. The van der Waals surface area contributed by atoms with Gasteiger partial charge in [0.05, 0.1) is 7.11 Å². The number of rotatable bonds is 3. The van der Waals surface area contributed by atoms with E-state index in [1.54, 1.807) is 7.11 Å². The van der Waals surface area contributed by atoms with E-state index in [1.165, 1.54) is 10.9 Å². The number of amides is 1. The summed E-state index contributed by atoms with van der Waals surface area (Å²) < 4.78 is 11.4. The van der Waals surface area contributed by atoms with Crippen molar-refractivity contribution >= 4 is 27.8 Å². The molecule has 2 aromatic heterocycles. The van der Waals surface area contributed by atoms with Crippen LogP contribution in [0.15, 0.2) is 47.0 Å². The second kappa shape index (κ2) is 7.24. The first-order chi connectivity index (χ1) is 14.6. The Balaban J connectivity index is 1.36. The van der Waals surface area contributed by atoms with Crippen molar-refractivity contribution in [1.82, 2.24) is 9.88 Å². The van der Waals surface area contributed by atoms with Crippen LogP contribution in [0.5, 0.6) is 5.75 Å². The second-order valence-corrected chi connectivity index (χ2v) is 8.23. The van der Waals surface area contributed by atoms with Crippen LogP contribution in [0.4, 0.5) is 0 Å². The second-order valence-electron chi connectivity index (χ2n) is 8.23. The highest BCUT2D eigenvalue weighted by Gasteiger charge is 2.29. The first-order valence-electron chi connectivity index (χ1n) is 10.5. The van der Waals surface area contributed by atoms with Gasteiger partial charge in [-0.1, -0.05) is 18.2 Å². The quantitative estimate of drug-likeness (QED) is 0.488. The summed E-state index contributed by atoms with van der Waals surface area (Å²) in [6, 6.07) is 12.2. The minimum absolute atomic E-state index is 0.00199. The van der Waals surface area contributed by atoms with E-state index in [9.17, 15) is 4.79 Å². The minimum Gasteiger partial charge on any atom is -0.497 e. The number of para-hydroxylation sites is 1. The van der Waals surface area contributed by atoms with Crippen molar-refractivity contribution in [3.05, 3.63) is 65.0 Å². The molecule has 0 unspecified atom stereocenters. The molecular formula is C25H26N2O3. The summed E-state index contributed by atoms with van der Waals surface area (Å²) in [5, 5.41) is 2.24. The van der Waals surface area contributed by atoms with Crippen molar-refractivity contribution < 1.29 is 13.9 Å². The van der Waals surface area contributed by atoms with Crippen molar-refractivity contribution in [1.29, 1.82) is 0 Å². The van der Waals surface area contributed by atoms with E-state index < -0.39 is 0 Å². The molecule has 1 fully saturated rings. The molecule has 5 rings (SSSR count). The van der Waals surface area contributed by atoms with Gasteiger partial charge in [0.2, 0.25) is 0 Å². The highest BCUT2D eigenvalue weighted by atomic mass is 16.5. The van der Waals surface area contributed by atoms with Gasteiger partial charge in [0.25, 0.3) is 5.91 Å². The number of aromatic nitrogens is 1. The van der Waals surface area contributed by atoms with Gasteiger partial charge in [-0.25, -0.2) is 0 Å². The minimum atomic E-state index is 0.00199. The number of carbonyl (C=O) groups excluding carboxylic acids is 1. The van der Waals surface area contributed by atoms with Crippen LogP contribution in [0, 0.1) is 13.8 Å². The SMILES string of the molecule is COc1ccc2[nH]cc(C3CCN(C(=O)c4oc5c(C)cccc5c4C)CC3)c2c1. The van der Waals surface area contributed by atoms with E-state index in [1.807, 2.05) is 43.0 Å². The normalized spacial score (nSPS) is 15.2. The van der Waals surface area contributed by atoms with Gasteiger partial charge in [0.15, 0.2) is 5.76 Å². The van der Waals surface area contributed by atoms with Gasteiger partial charge in [-0.05, 0) is 61.9 Å². The summed E-state index contributed by atoms with van der Waals surface area (Å²) in [5.41, 5.74) is 5.25. The number of benzene rings is 2. The first kappa shape index (κ1) is 18.8. The van der Waals surface area contributed by atoms with E-state index in [2.05, 4.69) is 23.3 Å². The molecule has 30 heavy (non-hydrogen) atoms. The Morgan fingerprint density at radius 2 is 1.93 bits per heavy atom. The number of nitrogens with one attached hydrogen (secondary N) is 1. The molecule has 1 saturated heterocycles. The number of methoxy groups -OCH3 is 1. The maximum Gasteiger partial charge on any atom is 0.289 e. The number of piperidine rings is 1. The number of aromatic amines is 1. The number of aryl methyl sites for hydroxylation is 2. The van der Waals surface area contributed by atoms with Gasteiger partial charge in [-0.15, -0.1) is 0 Å². The van der Waals surface area contributed by atoms with Crippen LogP contribution in [-0.2, 0) is 0 Å². The summed E-state index contributed by atoms with van der Waals surface area (Å²) in [7, 11) is 1.69. The molecule has 0 saturated carbocycles. The molecule has 0 radical (unpaired) electrons. The number of furan rings is 1. The lowest BCUT2D eigenvalue weighted by Crippen LogP contribution is -2.38. The van der Waals surface area contributed by atoms with Crippen molar-refractivity contribution in [2.45, 2.75) is 32.6 Å². The number of likely N-dealkylation sites (tertiary alicyclic amines) is 1. The number of H-pyrrole nitrogens is 1. The zero-order valence-corrected chi connectivity index (χ0v) is 17.6. The van der Waals surface area contributed by atoms with Gasteiger partial charge in [0.1, 0.15) is 11.3 Å². The smallest absolute Gasteiger partial charge is 0.289 e. The van der Waals surface area contributed by atoms with E-state index in [0.29, 0.717) is 11.7 Å². The van der Waals surface area contributed by atoms with Crippen molar-refractivity contribution in [2.75, 3.05) is 20.2 Å². The number of carbonyl (C=O) groups is 1. The standard InChI is InChI=1S/C25H26N2O3/c1-15-5-4-6-19-16(2)24(30-23(15)19)25(28)27-11-9-17(10-12-27)21-14-26-22-8-7-18(29-3)13-20(21)22/h4-8,13-14,17,26H,9-12H2,1-3H3. The van der Waals surface area contributed by atoms with Crippen LogP contribution in [-0.4, -0.2) is 36.0 Å². The van der Waals surface area contributed by atoms with Crippen LogP contribution in [0.3, 0.4) is 0 Å². The van der Waals surface area contributed by atoms with Crippen molar-refractivity contribution in [3.8, 4) is 5.75 Å². The predicted octanol–water partition coefficient (Wildman–Crippen LogP) is 5.56. The number of nitrogens with zero attached hydrogens (tertiary/aromatic N) is 1. The molecule has 1 amide bonds. The third-order valence-electron chi connectivity index (χ3n) is 6.50. The zero-order chi connectivity index (χ0) is 20.8. The largest absolute Gasteiger partial charge is 0.497 e. The molecule has 5 heteroatoms. The third-order valence-corrected chi connectivity index (χ3v) is 6.50. The Hall–Kier alpha value is -3.21. The third kappa shape index (κ3) is 2.96. The summed E-state index contributed by atoms with van der Waals surface area (Å²) >= 11 is 0. The summed E-state index contributed by atoms with van der Waals surface area (Å²) in [6.07, 6.45) is 3.99. The van der Waals surface area contributed by atoms with Crippen LogP contribution >= 0.6 is 0 Å². The van der Waals surface area contributed by atoms with Crippen molar-refractivity contribution in [3.63, 3.8) is 0 Å². The molecule has 154 valence electrons. The summed E-state index contributed by atoms with van der Waals surface area (Å²) in [5.74, 6) is 1.78. The molecule has 4 aromatic rings. The first-order valence-corrected chi connectivity index (χ1v) is 10.5. The number of fused-ring (bicyclic) bond motifs is 2.